The molecule has 2 N–H and O–H groups in total. The van der Waals surface area contributed by atoms with Crippen molar-refractivity contribution in [2.24, 2.45) is 0 Å². The van der Waals surface area contributed by atoms with E-state index in [9.17, 15) is 8.42 Å². The Labute approximate surface area is 111 Å². The van der Waals surface area contributed by atoms with Gasteiger partial charge in [-0.2, -0.15) is 0 Å². The Balaban J connectivity index is 2.97. The lowest BCUT2D eigenvalue weighted by Crippen LogP contribution is -2.48. The normalized spacial score (nSPS) is 14.9. The molecule has 1 atom stereocenters. The maximum atomic E-state index is 12.1. The van der Waals surface area contributed by atoms with E-state index in [4.69, 9.17) is 0 Å². The van der Waals surface area contributed by atoms with E-state index in [0.717, 1.165) is 0 Å². The van der Waals surface area contributed by atoms with Gasteiger partial charge in [0, 0.05) is 16.8 Å². The van der Waals surface area contributed by atoms with E-state index in [-0.39, 0.29) is 9.85 Å². The molecular formula is C10H18BrN3O2S. The van der Waals surface area contributed by atoms with E-state index < -0.39 is 15.6 Å². The predicted molar refractivity (Wildman–Crippen MR) is 70.8 cm³/mol. The highest BCUT2D eigenvalue weighted by Crippen LogP contribution is 2.19. The number of aromatic amines is 1. The van der Waals surface area contributed by atoms with Crippen LogP contribution in [0.15, 0.2) is 11.2 Å². The van der Waals surface area contributed by atoms with Crippen molar-refractivity contribution >= 4 is 26.0 Å². The van der Waals surface area contributed by atoms with E-state index in [1.807, 2.05) is 27.7 Å². The fourth-order valence-electron chi connectivity index (χ4n) is 1.14. The number of imidazole rings is 1. The topological polar surface area (TPSA) is 74.8 Å². The number of H-pyrrole nitrogens is 1. The molecule has 0 spiro atoms. The summed E-state index contributed by atoms with van der Waals surface area (Å²) >= 11 is 3.39. The summed E-state index contributed by atoms with van der Waals surface area (Å²) in [7, 11) is -3.55. The van der Waals surface area contributed by atoms with E-state index in [1.54, 1.807) is 0 Å². The van der Waals surface area contributed by atoms with Gasteiger partial charge in [-0.15, -0.1) is 0 Å². The number of halogens is 1. The van der Waals surface area contributed by atoms with Crippen molar-refractivity contribution in [2.45, 2.75) is 49.5 Å². The Hall–Kier alpha value is -0.400. The Bertz CT molecular complexity index is 479. The molecule has 1 heterocycles. The van der Waals surface area contributed by atoms with Crippen LogP contribution in [0.2, 0.25) is 0 Å². The van der Waals surface area contributed by atoms with Gasteiger partial charge in [0.05, 0.1) is 6.20 Å². The lowest BCUT2D eigenvalue weighted by atomic mass is 10.0. The molecule has 1 unspecified atom stereocenters. The molecule has 1 aromatic heterocycles. The minimum Gasteiger partial charge on any atom is -0.332 e. The van der Waals surface area contributed by atoms with Gasteiger partial charge >= 0.3 is 0 Å². The molecule has 0 saturated heterocycles. The van der Waals surface area contributed by atoms with Crippen molar-refractivity contribution in [3.8, 4) is 0 Å². The van der Waals surface area contributed by atoms with Crippen LogP contribution in [-0.2, 0) is 16.4 Å². The standard InChI is InChI=1S/C10H18BrN3O2S/c1-5-8-12-6-9(13-8)17(15,16)14-10(3,4)7(2)11/h6-7,14H,5H2,1-4H3,(H,12,13). The van der Waals surface area contributed by atoms with Crippen molar-refractivity contribution < 1.29 is 8.42 Å². The number of alkyl halides is 1. The molecule has 7 heteroatoms. The molecule has 0 aliphatic heterocycles. The molecule has 0 amide bonds. The van der Waals surface area contributed by atoms with Crippen LogP contribution in [0.4, 0.5) is 0 Å². The second-order valence-corrected chi connectivity index (χ2v) is 7.52. The molecule has 0 aromatic carbocycles. The molecule has 0 saturated carbocycles. The van der Waals surface area contributed by atoms with Crippen molar-refractivity contribution in [1.29, 1.82) is 0 Å². The fourth-order valence-corrected chi connectivity index (χ4v) is 2.83. The van der Waals surface area contributed by atoms with Gasteiger partial charge in [0.2, 0.25) is 0 Å². The molecule has 1 rings (SSSR count). The SMILES string of the molecule is CCc1ncc(S(=O)(=O)NC(C)(C)C(C)Br)[nH]1. The van der Waals surface area contributed by atoms with E-state index in [2.05, 4.69) is 30.6 Å². The minimum absolute atomic E-state index is 0.0124. The van der Waals surface area contributed by atoms with Gasteiger partial charge in [-0.25, -0.2) is 18.1 Å². The highest BCUT2D eigenvalue weighted by Gasteiger charge is 2.31. The van der Waals surface area contributed by atoms with Crippen LogP contribution in [0.25, 0.3) is 0 Å². The fraction of sp³-hybridized carbons (Fsp3) is 0.700. The molecule has 1 aromatic rings. The van der Waals surface area contributed by atoms with E-state index in [1.165, 1.54) is 6.20 Å². The second-order valence-electron chi connectivity index (χ2n) is 4.49. The summed E-state index contributed by atoms with van der Waals surface area (Å²) in [5.74, 6) is 0.662. The van der Waals surface area contributed by atoms with Crippen molar-refractivity contribution in [1.82, 2.24) is 14.7 Å². The van der Waals surface area contributed by atoms with Gasteiger partial charge in [0.25, 0.3) is 10.0 Å². The maximum Gasteiger partial charge on any atom is 0.258 e. The third-order valence-corrected chi connectivity index (χ3v) is 5.35. The Kier molecular flexibility index (Phi) is 4.38. The third kappa shape index (κ3) is 3.53. The van der Waals surface area contributed by atoms with Gasteiger partial charge in [-0.1, -0.05) is 29.8 Å². The molecule has 98 valence electrons. The van der Waals surface area contributed by atoms with Crippen LogP contribution in [0.1, 0.15) is 33.5 Å². The first-order valence-corrected chi connectivity index (χ1v) is 7.81. The monoisotopic (exact) mass is 323 g/mol. The second kappa shape index (κ2) is 5.07. The van der Waals surface area contributed by atoms with Gasteiger partial charge in [0.1, 0.15) is 5.82 Å². The first-order chi connectivity index (χ1) is 7.69. The number of nitrogens with zero attached hydrogens (tertiary/aromatic N) is 1. The Morgan fingerprint density at radius 1 is 1.59 bits per heavy atom. The lowest BCUT2D eigenvalue weighted by Gasteiger charge is -2.28. The molecule has 0 fully saturated rings. The van der Waals surface area contributed by atoms with Crippen LogP contribution in [0.5, 0.6) is 0 Å². The van der Waals surface area contributed by atoms with Gasteiger partial charge < -0.3 is 4.98 Å². The highest BCUT2D eigenvalue weighted by molar-refractivity contribution is 9.09. The molecule has 5 nitrogen and oxygen atoms in total. The minimum atomic E-state index is -3.55. The summed E-state index contributed by atoms with van der Waals surface area (Å²) < 4.78 is 26.8. The zero-order chi connectivity index (χ0) is 13.3. The van der Waals surface area contributed by atoms with Crippen LogP contribution >= 0.6 is 15.9 Å². The zero-order valence-corrected chi connectivity index (χ0v) is 12.8. The summed E-state index contributed by atoms with van der Waals surface area (Å²) in [6.07, 6.45) is 2.02. The number of hydrogen-bond donors (Lipinski definition) is 2. The van der Waals surface area contributed by atoms with Crippen LogP contribution in [0, 0.1) is 0 Å². The number of sulfonamides is 1. The van der Waals surface area contributed by atoms with Gasteiger partial charge in [-0.05, 0) is 13.8 Å². The van der Waals surface area contributed by atoms with Crippen molar-refractivity contribution in [3.05, 3.63) is 12.0 Å². The molecule has 0 bridgehead atoms. The summed E-state index contributed by atoms with van der Waals surface area (Å²) in [4.78, 5) is 6.79. The summed E-state index contributed by atoms with van der Waals surface area (Å²) in [5.41, 5.74) is -0.573. The molecule has 0 aliphatic rings. The van der Waals surface area contributed by atoms with Crippen LogP contribution in [0.3, 0.4) is 0 Å². The maximum absolute atomic E-state index is 12.1. The summed E-state index contributed by atoms with van der Waals surface area (Å²) in [6.45, 7) is 7.45. The Morgan fingerprint density at radius 3 is 2.59 bits per heavy atom. The summed E-state index contributed by atoms with van der Waals surface area (Å²) in [5, 5.41) is 0.107. The number of nitrogens with one attached hydrogen (secondary N) is 2. The smallest absolute Gasteiger partial charge is 0.258 e. The lowest BCUT2D eigenvalue weighted by molar-refractivity contribution is 0.453. The van der Waals surface area contributed by atoms with E-state index in [0.29, 0.717) is 12.2 Å². The quantitative estimate of drug-likeness (QED) is 0.811. The number of aromatic nitrogens is 2. The largest absolute Gasteiger partial charge is 0.332 e. The zero-order valence-electron chi connectivity index (χ0n) is 10.4. The first kappa shape index (κ1) is 14.7. The number of rotatable bonds is 5. The van der Waals surface area contributed by atoms with Gasteiger partial charge in [0.15, 0.2) is 5.03 Å². The average Bonchev–Trinajstić information content (AvgIpc) is 2.64. The summed E-state index contributed by atoms with van der Waals surface area (Å²) in [6, 6.07) is 0. The molecular weight excluding hydrogens is 306 g/mol. The predicted octanol–water partition coefficient (Wildman–Crippen LogP) is 1.81. The van der Waals surface area contributed by atoms with Crippen molar-refractivity contribution in [3.63, 3.8) is 0 Å². The van der Waals surface area contributed by atoms with Crippen LogP contribution < -0.4 is 4.72 Å². The first-order valence-electron chi connectivity index (χ1n) is 5.41. The molecule has 0 radical (unpaired) electrons. The van der Waals surface area contributed by atoms with Crippen molar-refractivity contribution in [2.75, 3.05) is 0 Å². The number of hydrogen-bond acceptors (Lipinski definition) is 3. The Morgan fingerprint density at radius 2 is 2.18 bits per heavy atom. The third-order valence-electron chi connectivity index (χ3n) is 2.62. The van der Waals surface area contributed by atoms with Gasteiger partial charge in [-0.3, -0.25) is 0 Å². The number of aryl methyl sites for hydroxylation is 1. The average molecular weight is 324 g/mol. The van der Waals surface area contributed by atoms with Crippen LogP contribution in [-0.4, -0.2) is 28.8 Å². The molecule has 17 heavy (non-hydrogen) atoms. The van der Waals surface area contributed by atoms with E-state index >= 15 is 0 Å². The highest BCUT2D eigenvalue weighted by atomic mass is 79.9. The molecule has 0 aliphatic carbocycles.